The van der Waals surface area contributed by atoms with Crippen molar-refractivity contribution >= 4 is 24.7 Å². The van der Waals surface area contributed by atoms with E-state index in [4.69, 9.17) is 0 Å². The van der Waals surface area contributed by atoms with Gasteiger partial charge in [0.25, 0.3) is 0 Å². The highest BCUT2D eigenvalue weighted by atomic mass is 32.1. The lowest BCUT2D eigenvalue weighted by Gasteiger charge is -1.91. The van der Waals surface area contributed by atoms with Crippen LogP contribution >= 0.6 is 12.6 Å². The molecule has 0 fully saturated rings. The summed E-state index contributed by atoms with van der Waals surface area (Å²) in [6.07, 6.45) is -1.09. The Balaban J connectivity index is 3.40. The topological polar surface area (TPSA) is 69.4 Å². The molecule has 0 heterocycles. The van der Waals surface area contributed by atoms with Crippen molar-refractivity contribution in [2.24, 2.45) is 5.73 Å². The SMILES string of the molecule is NC(=O)OC(=O)CS. The summed E-state index contributed by atoms with van der Waals surface area (Å²) in [5, 5.41) is 0. The summed E-state index contributed by atoms with van der Waals surface area (Å²) in [5.41, 5.74) is 4.45. The molecular weight excluding hydrogens is 130 g/mol. The van der Waals surface area contributed by atoms with E-state index in [0.717, 1.165) is 0 Å². The number of esters is 1. The summed E-state index contributed by atoms with van der Waals surface area (Å²) in [5.74, 6) is -0.871. The van der Waals surface area contributed by atoms with Gasteiger partial charge in [-0.15, -0.1) is 0 Å². The van der Waals surface area contributed by atoms with E-state index < -0.39 is 12.1 Å². The molecule has 4 nitrogen and oxygen atoms in total. The number of carbonyl (C=O) groups excluding carboxylic acids is 2. The molecule has 0 aliphatic heterocycles. The lowest BCUT2D eigenvalue weighted by atomic mass is 10.8. The van der Waals surface area contributed by atoms with E-state index in [1.807, 2.05) is 0 Å². The van der Waals surface area contributed by atoms with Crippen LogP contribution in [0.25, 0.3) is 0 Å². The highest BCUT2D eigenvalue weighted by Gasteiger charge is 2.00. The van der Waals surface area contributed by atoms with Gasteiger partial charge in [-0.1, -0.05) is 0 Å². The Kier molecular flexibility index (Phi) is 3.02. The molecule has 0 aliphatic rings. The first-order chi connectivity index (χ1) is 3.66. The number of ether oxygens (including phenoxy) is 1. The number of hydrogen-bond donors (Lipinski definition) is 2. The molecule has 0 spiro atoms. The minimum absolute atomic E-state index is 0.136. The fraction of sp³-hybridized carbons (Fsp3) is 0.333. The van der Waals surface area contributed by atoms with E-state index in [1.54, 1.807) is 0 Å². The molecule has 0 atom stereocenters. The number of amides is 1. The number of primary amides is 1. The van der Waals surface area contributed by atoms with Crippen LogP contribution in [0, 0.1) is 0 Å². The van der Waals surface area contributed by atoms with Crippen molar-refractivity contribution in [2.75, 3.05) is 5.75 Å². The van der Waals surface area contributed by atoms with E-state index in [0.29, 0.717) is 0 Å². The molecule has 1 amide bonds. The number of carbonyl (C=O) groups is 2. The van der Waals surface area contributed by atoms with E-state index in [2.05, 4.69) is 23.1 Å². The predicted molar refractivity (Wildman–Crippen MR) is 29.5 cm³/mol. The van der Waals surface area contributed by atoms with Gasteiger partial charge in [0.1, 0.15) is 0 Å². The number of nitrogens with two attached hydrogens (primary N) is 1. The second-order valence-electron chi connectivity index (χ2n) is 0.951. The summed E-state index contributed by atoms with van der Waals surface area (Å²) in [6.45, 7) is 0. The molecule has 0 aromatic heterocycles. The first-order valence-corrected chi connectivity index (χ1v) is 2.41. The van der Waals surface area contributed by atoms with Crippen molar-refractivity contribution in [1.82, 2.24) is 0 Å². The summed E-state index contributed by atoms with van der Waals surface area (Å²) in [6, 6.07) is 0. The second-order valence-corrected chi connectivity index (χ2v) is 1.27. The number of hydrogen-bond acceptors (Lipinski definition) is 4. The van der Waals surface area contributed by atoms with Crippen LogP contribution < -0.4 is 5.73 Å². The van der Waals surface area contributed by atoms with Crippen molar-refractivity contribution in [2.45, 2.75) is 0 Å². The molecule has 0 rings (SSSR count). The highest BCUT2D eigenvalue weighted by Crippen LogP contribution is 1.79. The number of rotatable bonds is 1. The summed E-state index contributed by atoms with van der Waals surface area (Å²) in [7, 11) is 0. The predicted octanol–water partition coefficient (Wildman–Crippen LogP) is -0.462. The summed E-state index contributed by atoms with van der Waals surface area (Å²) in [4.78, 5) is 19.7. The quantitative estimate of drug-likeness (QED) is 0.290. The Morgan fingerprint density at radius 1 is 1.62 bits per heavy atom. The Labute approximate surface area is 51.4 Å². The van der Waals surface area contributed by atoms with Gasteiger partial charge in [-0.2, -0.15) is 12.6 Å². The third-order valence-corrected chi connectivity index (χ3v) is 0.602. The van der Waals surface area contributed by atoms with E-state index >= 15 is 0 Å². The van der Waals surface area contributed by atoms with Gasteiger partial charge < -0.3 is 10.5 Å². The molecule has 0 unspecified atom stereocenters. The van der Waals surface area contributed by atoms with Gasteiger partial charge in [-0.25, -0.2) is 4.79 Å². The summed E-state index contributed by atoms with van der Waals surface area (Å²) < 4.78 is 3.82. The largest absolute Gasteiger partial charge is 0.412 e. The average molecular weight is 135 g/mol. The van der Waals surface area contributed by atoms with Crippen LogP contribution in [0.2, 0.25) is 0 Å². The smallest absolute Gasteiger partial charge is 0.376 e. The fourth-order valence-electron chi connectivity index (χ4n) is 0.144. The van der Waals surface area contributed by atoms with Crippen LogP contribution in [0.1, 0.15) is 0 Å². The van der Waals surface area contributed by atoms with Gasteiger partial charge in [0, 0.05) is 0 Å². The maximum absolute atomic E-state index is 10.0. The third kappa shape index (κ3) is 3.48. The van der Waals surface area contributed by atoms with E-state index in [-0.39, 0.29) is 5.75 Å². The van der Waals surface area contributed by atoms with Crippen LogP contribution in [0.15, 0.2) is 0 Å². The van der Waals surface area contributed by atoms with Crippen LogP contribution in [-0.4, -0.2) is 17.8 Å². The first kappa shape index (κ1) is 7.29. The van der Waals surface area contributed by atoms with Crippen molar-refractivity contribution in [1.29, 1.82) is 0 Å². The van der Waals surface area contributed by atoms with Gasteiger partial charge in [0.15, 0.2) is 0 Å². The average Bonchev–Trinajstić information content (AvgIpc) is 1.65. The third-order valence-electron chi connectivity index (χ3n) is 0.344. The Morgan fingerprint density at radius 2 is 2.12 bits per heavy atom. The maximum Gasteiger partial charge on any atom is 0.412 e. The molecule has 0 saturated carbocycles. The van der Waals surface area contributed by atoms with Crippen LogP contribution in [-0.2, 0) is 9.53 Å². The van der Waals surface area contributed by atoms with Gasteiger partial charge in [0.2, 0.25) is 0 Å². The van der Waals surface area contributed by atoms with Crippen molar-refractivity contribution in [3.8, 4) is 0 Å². The second kappa shape index (κ2) is 3.31. The maximum atomic E-state index is 10.0. The molecule has 46 valence electrons. The Hall–Kier alpha value is -0.710. The molecule has 2 N–H and O–H groups in total. The van der Waals surface area contributed by atoms with Crippen LogP contribution in [0.4, 0.5) is 4.79 Å². The fourth-order valence-corrected chi connectivity index (χ4v) is 0.209. The zero-order valence-corrected chi connectivity index (χ0v) is 4.85. The highest BCUT2D eigenvalue weighted by molar-refractivity contribution is 7.81. The van der Waals surface area contributed by atoms with Gasteiger partial charge in [-0.05, 0) is 0 Å². The van der Waals surface area contributed by atoms with Crippen LogP contribution in [0.5, 0.6) is 0 Å². The van der Waals surface area contributed by atoms with Gasteiger partial charge in [-0.3, -0.25) is 4.79 Å². The minimum atomic E-state index is -1.09. The molecule has 0 aromatic carbocycles. The van der Waals surface area contributed by atoms with Crippen LogP contribution in [0.3, 0.4) is 0 Å². The normalized spacial score (nSPS) is 8.12. The van der Waals surface area contributed by atoms with E-state index in [9.17, 15) is 9.59 Å². The molecule has 0 aromatic rings. The lowest BCUT2D eigenvalue weighted by Crippen LogP contribution is -2.18. The Morgan fingerprint density at radius 3 is 2.25 bits per heavy atom. The molecule has 5 heteroatoms. The van der Waals surface area contributed by atoms with Crippen molar-refractivity contribution in [3.63, 3.8) is 0 Å². The standard InChI is InChI=1S/C3H5NO3S/c4-3(6)7-2(5)1-8/h8H,1H2,(H2,4,6). The van der Waals surface area contributed by atoms with Crippen molar-refractivity contribution < 1.29 is 14.3 Å². The minimum Gasteiger partial charge on any atom is -0.376 e. The van der Waals surface area contributed by atoms with Gasteiger partial charge in [0.05, 0.1) is 5.75 Å². The molecule has 0 saturated heterocycles. The zero-order chi connectivity index (χ0) is 6.57. The first-order valence-electron chi connectivity index (χ1n) is 1.77. The van der Waals surface area contributed by atoms with Gasteiger partial charge >= 0.3 is 12.1 Å². The van der Waals surface area contributed by atoms with Crippen molar-refractivity contribution in [3.05, 3.63) is 0 Å². The molecule has 0 bridgehead atoms. The molecule has 0 radical (unpaired) electrons. The van der Waals surface area contributed by atoms with E-state index in [1.165, 1.54) is 0 Å². The Bertz CT molecular complexity index is 113. The molecule has 8 heavy (non-hydrogen) atoms. The molecule has 0 aliphatic carbocycles. The monoisotopic (exact) mass is 135 g/mol. The number of thiol groups is 1. The summed E-state index contributed by atoms with van der Waals surface area (Å²) >= 11 is 3.51. The molecular formula is C3H5NO3S. The zero-order valence-electron chi connectivity index (χ0n) is 3.96. The lowest BCUT2D eigenvalue weighted by molar-refractivity contribution is -0.133.